The second-order valence-electron chi connectivity index (χ2n) is 10.4. The Kier molecular flexibility index (Phi) is 3.38. The lowest BCUT2D eigenvalue weighted by molar-refractivity contribution is -0.437. The molecule has 3 aromatic rings. The molecule has 0 saturated heterocycles. The SMILES string of the molecule is Cc1cc(C(N)=O)c(F)cc1Nc1ncc2c(n1)n(C13CC4CC5C(C#N)C(C1)C453)c(=O)n2C. The van der Waals surface area contributed by atoms with Gasteiger partial charge in [-0.1, -0.05) is 0 Å². The average Bonchev–Trinajstić information content (AvgIpc) is 2.99. The molecule has 0 aliphatic heterocycles. The molecule has 4 aliphatic carbocycles. The van der Waals surface area contributed by atoms with Crippen LogP contribution in [-0.2, 0) is 12.6 Å². The van der Waals surface area contributed by atoms with Crippen molar-refractivity contribution in [3.63, 3.8) is 0 Å². The third-order valence-corrected chi connectivity index (χ3v) is 9.46. The molecule has 9 nitrogen and oxygen atoms in total. The number of aryl methyl sites for hydroxylation is 2. The molecule has 10 heteroatoms. The standard InChI is InChI=1S/C24H22FN7O2/c1-10-3-12(19(27)33)16(25)5-17(10)29-21-28-9-18-20(30-21)32(22(34)31(18)2)23-6-11-4-14-13(8-26)15(7-23)24(11,14)23/h3,5,9,11,13-15H,4,6-7H2,1-2H3,(H2,27,33)(H,28,29,30). The normalized spacial score (nSPS) is 33.9. The van der Waals surface area contributed by atoms with Crippen molar-refractivity contribution in [1.29, 1.82) is 5.26 Å². The average molecular weight is 459 g/mol. The Bertz CT molecular complexity index is 1560. The topological polar surface area (TPSA) is 132 Å². The summed E-state index contributed by atoms with van der Waals surface area (Å²) in [7, 11) is 1.72. The Morgan fingerprint density at radius 2 is 2.15 bits per heavy atom. The fraction of sp³-hybridized carbons (Fsp3) is 0.458. The Morgan fingerprint density at radius 3 is 2.82 bits per heavy atom. The van der Waals surface area contributed by atoms with E-state index in [0.717, 1.165) is 19.3 Å². The van der Waals surface area contributed by atoms with Crippen LogP contribution in [0.2, 0.25) is 0 Å². The summed E-state index contributed by atoms with van der Waals surface area (Å²) in [5.74, 6) is 0.136. The van der Waals surface area contributed by atoms with Crippen molar-refractivity contribution in [2.24, 2.45) is 41.9 Å². The smallest absolute Gasteiger partial charge is 0.330 e. The first-order valence-electron chi connectivity index (χ1n) is 11.5. The predicted octanol–water partition coefficient (Wildman–Crippen LogP) is 2.31. The van der Waals surface area contributed by atoms with E-state index in [1.807, 2.05) is 4.57 Å². The number of imidazole rings is 1. The minimum absolute atomic E-state index is 0.0777. The van der Waals surface area contributed by atoms with Crippen molar-refractivity contribution < 1.29 is 9.18 Å². The van der Waals surface area contributed by atoms with E-state index in [2.05, 4.69) is 16.4 Å². The van der Waals surface area contributed by atoms with Gasteiger partial charge in [0, 0.05) is 18.2 Å². The highest BCUT2D eigenvalue weighted by Crippen LogP contribution is 2.92. The van der Waals surface area contributed by atoms with Gasteiger partial charge in [0.25, 0.3) is 5.91 Å². The lowest BCUT2D eigenvalue weighted by Crippen LogP contribution is -2.92. The number of hydrogen-bond donors (Lipinski definition) is 2. The fourth-order valence-corrected chi connectivity index (χ4v) is 8.12. The summed E-state index contributed by atoms with van der Waals surface area (Å²) in [6, 6.07) is 5.08. The highest BCUT2D eigenvalue weighted by atomic mass is 19.1. The molecule has 1 aromatic carbocycles. The van der Waals surface area contributed by atoms with E-state index in [9.17, 15) is 19.2 Å². The number of hydrogen-bond acceptors (Lipinski definition) is 6. The number of aromatic nitrogens is 4. The lowest BCUT2D eigenvalue weighted by atomic mass is 9.13. The van der Waals surface area contributed by atoms with E-state index >= 15 is 0 Å². The summed E-state index contributed by atoms with van der Waals surface area (Å²) in [6.07, 6.45) is 4.47. The summed E-state index contributed by atoms with van der Waals surface area (Å²) in [5.41, 5.74) is 6.94. The number of nitrogens with one attached hydrogen (secondary N) is 1. The van der Waals surface area contributed by atoms with E-state index in [-0.39, 0.29) is 34.1 Å². The van der Waals surface area contributed by atoms with Gasteiger partial charge in [-0.25, -0.2) is 14.2 Å². The van der Waals surface area contributed by atoms with E-state index in [4.69, 9.17) is 10.7 Å². The third kappa shape index (κ3) is 1.86. The highest BCUT2D eigenvalue weighted by Gasteiger charge is 2.92. The second-order valence-corrected chi connectivity index (χ2v) is 10.4. The predicted molar refractivity (Wildman–Crippen MR) is 120 cm³/mol. The number of amides is 1. The van der Waals surface area contributed by atoms with Crippen LogP contribution in [0.5, 0.6) is 0 Å². The molecule has 34 heavy (non-hydrogen) atoms. The van der Waals surface area contributed by atoms with Crippen LogP contribution < -0.4 is 16.7 Å². The summed E-state index contributed by atoms with van der Waals surface area (Å²) in [4.78, 5) is 33.9. The maximum absolute atomic E-state index is 14.4. The fourth-order valence-electron chi connectivity index (χ4n) is 8.12. The number of anilines is 2. The summed E-state index contributed by atoms with van der Waals surface area (Å²) < 4.78 is 17.8. The number of rotatable bonds is 4. The molecule has 6 unspecified atom stereocenters. The zero-order chi connectivity index (χ0) is 23.7. The van der Waals surface area contributed by atoms with Gasteiger partial charge in [0.15, 0.2) is 5.65 Å². The number of nitriles is 1. The van der Waals surface area contributed by atoms with Crippen molar-refractivity contribution in [1.82, 2.24) is 19.1 Å². The van der Waals surface area contributed by atoms with E-state index in [1.54, 1.807) is 24.7 Å². The Labute approximate surface area is 193 Å². The molecule has 2 heterocycles. The van der Waals surface area contributed by atoms with Crippen LogP contribution in [0.4, 0.5) is 16.0 Å². The van der Waals surface area contributed by atoms with Crippen molar-refractivity contribution >= 4 is 28.7 Å². The molecule has 2 aromatic heterocycles. The van der Waals surface area contributed by atoms with Crippen molar-refractivity contribution in [3.05, 3.63) is 45.8 Å². The van der Waals surface area contributed by atoms with Gasteiger partial charge in [-0.2, -0.15) is 10.2 Å². The number of primary amides is 1. The van der Waals surface area contributed by atoms with Crippen LogP contribution >= 0.6 is 0 Å². The number of halogens is 1. The number of nitrogens with zero attached hydrogens (tertiary/aromatic N) is 5. The quantitative estimate of drug-likeness (QED) is 0.615. The van der Waals surface area contributed by atoms with Gasteiger partial charge in [0.05, 0.1) is 29.3 Å². The van der Waals surface area contributed by atoms with E-state index < -0.39 is 11.7 Å². The van der Waals surface area contributed by atoms with Crippen molar-refractivity contribution in [2.45, 2.75) is 31.7 Å². The maximum atomic E-state index is 14.4. The summed E-state index contributed by atoms with van der Waals surface area (Å²) >= 11 is 0. The number of benzene rings is 1. The first-order valence-corrected chi connectivity index (χ1v) is 11.5. The van der Waals surface area contributed by atoms with Gasteiger partial charge in [-0.05, 0) is 61.6 Å². The molecule has 4 saturated carbocycles. The van der Waals surface area contributed by atoms with Gasteiger partial charge in [0.2, 0.25) is 5.95 Å². The van der Waals surface area contributed by atoms with Gasteiger partial charge >= 0.3 is 5.69 Å². The van der Waals surface area contributed by atoms with Crippen LogP contribution in [0, 0.1) is 53.2 Å². The molecule has 3 N–H and O–H groups in total. The molecule has 4 aliphatic rings. The number of carbonyl (C=O) groups is 1. The largest absolute Gasteiger partial charge is 0.366 e. The second kappa shape index (κ2) is 5.84. The third-order valence-electron chi connectivity index (χ3n) is 9.46. The molecule has 4 fully saturated rings. The molecular weight excluding hydrogens is 437 g/mol. The number of fused-ring (bicyclic) bond motifs is 1. The van der Waals surface area contributed by atoms with Gasteiger partial charge in [-0.3, -0.25) is 13.9 Å². The van der Waals surface area contributed by atoms with Crippen molar-refractivity contribution in [2.75, 3.05) is 5.32 Å². The zero-order valence-electron chi connectivity index (χ0n) is 18.7. The van der Waals surface area contributed by atoms with Crippen LogP contribution in [-0.4, -0.2) is 25.0 Å². The van der Waals surface area contributed by atoms with Gasteiger partial charge in [-0.15, -0.1) is 0 Å². The molecule has 1 amide bonds. The highest BCUT2D eigenvalue weighted by molar-refractivity contribution is 5.94. The molecule has 0 bridgehead atoms. The number of carbonyl (C=O) groups excluding carboxylic acids is 1. The Morgan fingerprint density at radius 1 is 1.35 bits per heavy atom. The molecular formula is C24H22FN7O2. The molecule has 172 valence electrons. The zero-order valence-corrected chi connectivity index (χ0v) is 18.7. The monoisotopic (exact) mass is 459 g/mol. The molecule has 0 radical (unpaired) electrons. The van der Waals surface area contributed by atoms with Crippen molar-refractivity contribution in [3.8, 4) is 6.07 Å². The van der Waals surface area contributed by atoms with Gasteiger partial charge in [0.1, 0.15) is 11.3 Å². The number of nitrogens with two attached hydrogens (primary N) is 1. The minimum Gasteiger partial charge on any atom is -0.366 e. The van der Waals surface area contributed by atoms with Crippen LogP contribution in [0.15, 0.2) is 23.1 Å². The maximum Gasteiger partial charge on any atom is 0.330 e. The lowest BCUT2D eigenvalue weighted by Gasteiger charge is -2.91. The first kappa shape index (κ1) is 19.7. The molecule has 6 atom stereocenters. The van der Waals surface area contributed by atoms with Gasteiger partial charge < -0.3 is 11.1 Å². The van der Waals surface area contributed by atoms with Crippen LogP contribution in [0.3, 0.4) is 0 Å². The van der Waals surface area contributed by atoms with Crippen LogP contribution in [0.1, 0.15) is 35.2 Å². The Hall–Kier alpha value is -3.74. The molecule has 1 spiro atoms. The van der Waals surface area contributed by atoms with Crippen LogP contribution in [0.25, 0.3) is 11.2 Å². The Balaban J connectivity index is 1.31. The molecule has 7 rings (SSSR count). The summed E-state index contributed by atoms with van der Waals surface area (Å²) in [5, 5.41) is 12.6. The van der Waals surface area contributed by atoms with E-state index in [0.29, 0.717) is 40.2 Å². The van der Waals surface area contributed by atoms with E-state index in [1.165, 1.54) is 12.1 Å². The first-order chi connectivity index (χ1) is 16.2. The summed E-state index contributed by atoms with van der Waals surface area (Å²) in [6.45, 7) is 1.73. The minimum atomic E-state index is -0.835.